The predicted octanol–water partition coefficient (Wildman–Crippen LogP) is 4.08. The van der Waals surface area contributed by atoms with Crippen LogP contribution in [-0.4, -0.2) is 37.7 Å². The summed E-state index contributed by atoms with van der Waals surface area (Å²) in [6.45, 7) is 1.06. The standard InChI is InChI=1S/C21H20Cl2N2O4/c22-14-4-6-18(16(23)10-14)29-12-20(26)24-15-5-3-13-7-8-25(17(13)11-15)21(27)19-2-1-9-28-19/h3-6,10-11,19H,1-2,7-9,12H2,(H,24,26). The molecule has 1 N–H and O–H groups in total. The van der Waals surface area contributed by atoms with E-state index in [1.807, 2.05) is 18.2 Å². The van der Waals surface area contributed by atoms with Gasteiger partial charge in [-0.3, -0.25) is 9.59 Å². The van der Waals surface area contributed by atoms with Crippen LogP contribution in [0.25, 0.3) is 0 Å². The normalized spacial score (nSPS) is 17.9. The van der Waals surface area contributed by atoms with Crippen molar-refractivity contribution < 1.29 is 19.1 Å². The first-order chi connectivity index (χ1) is 14.0. The zero-order valence-electron chi connectivity index (χ0n) is 15.6. The summed E-state index contributed by atoms with van der Waals surface area (Å²) in [4.78, 5) is 26.8. The fraction of sp³-hybridized carbons (Fsp3) is 0.333. The second-order valence-electron chi connectivity index (χ2n) is 7.00. The van der Waals surface area contributed by atoms with Gasteiger partial charge in [0.15, 0.2) is 6.61 Å². The minimum atomic E-state index is -0.364. The van der Waals surface area contributed by atoms with E-state index < -0.39 is 0 Å². The molecule has 6 nitrogen and oxygen atoms in total. The van der Waals surface area contributed by atoms with E-state index in [9.17, 15) is 9.59 Å². The maximum Gasteiger partial charge on any atom is 0.262 e. The molecule has 8 heteroatoms. The number of rotatable bonds is 5. The van der Waals surface area contributed by atoms with Gasteiger partial charge in [0.2, 0.25) is 0 Å². The fourth-order valence-electron chi connectivity index (χ4n) is 3.56. The first-order valence-corrected chi connectivity index (χ1v) is 10.2. The second kappa shape index (κ2) is 8.61. The van der Waals surface area contributed by atoms with Crippen molar-refractivity contribution in [3.63, 3.8) is 0 Å². The van der Waals surface area contributed by atoms with Gasteiger partial charge in [-0.15, -0.1) is 0 Å². The minimum absolute atomic E-state index is 0.00885. The Bertz CT molecular complexity index is 944. The number of hydrogen-bond acceptors (Lipinski definition) is 4. The molecule has 1 fully saturated rings. The van der Waals surface area contributed by atoms with Gasteiger partial charge >= 0.3 is 0 Å². The number of carbonyl (C=O) groups excluding carboxylic acids is 2. The molecule has 2 aliphatic heterocycles. The molecule has 1 unspecified atom stereocenters. The highest BCUT2D eigenvalue weighted by Gasteiger charge is 2.32. The molecule has 152 valence electrons. The predicted molar refractivity (Wildman–Crippen MR) is 112 cm³/mol. The topological polar surface area (TPSA) is 67.9 Å². The number of benzene rings is 2. The molecule has 0 bridgehead atoms. The van der Waals surface area contributed by atoms with Crippen LogP contribution in [0.5, 0.6) is 5.75 Å². The fourth-order valence-corrected chi connectivity index (χ4v) is 4.03. The number of anilines is 2. The Morgan fingerprint density at radius 3 is 2.83 bits per heavy atom. The van der Waals surface area contributed by atoms with Crippen molar-refractivity contribution in [1.29, 1.82) is 0 Å². The molecule has 0 aliphatic carbocycles. The SMILES string of the molecule is O=C(COc1ccc(Cl)cc1Cl)Nc1ccc2c(c1)N(C(=O)C1CCCO1)CC2. The Morgan fingerprint density at radius 2 is 2.07 bits per heavy atom. The number of carbonyl (C=O) groups is 2. The number of halogens is 2. The van der Waals surface area contributed by atoms with E-state index in [1.54, 1.807) is 23.1 Å². The summed E-state index contributed by atoms with van der Waals surface area (Å²) in [6.07, 6.45) is 2.09. The molecule has 1 saturated heterocycles. The number of hydrogen-bond donors (Lipinski definition) is 1. The van der Waals surface area contributed by atoms with E-state index in [4.69, 9.17) is 32.7 Å². The molecule has 1 atom stereocenters. The molecule has 4 rings (SSSR count). The van der Waals surface area contributed by atoms with Crippen LogP contribution in [0, 0.1) is 0 Å². The summed E-state index contributed by atoms with van der Waals surface area (Å²) >= 11 is 11.9. The lowest BCUT2D eigenvalue weighted by molar-refractivity contribution is -0.127. The van der Waals surface area contributed by atoms with Crippen LogP contribution >= 0.6 is 23.2 Å². The van der Waals surface area contributed by atoms with Gasteiger partial charge in [0, 0.05) is 29.5 Å². The molecular formula is C21H20Cl2N2O4. The van der Waals surface area contributed by atoms with Crippen LogP contribution in [0.15, 0.2) is 36.4 Å². The van der Waals surface area contributed by atoms with Gasteiger partial charge in [0.05, 0.1) is 5.02 Å². The third kappa shape index (κ3) is 4.50. The van der Waals surface area contributed by atoms with E-state index in [1.165, 1.54) is 0 Å². The second-order valence-corrected chi connectivity index (χ2v) is 7.84. The summed E-state index contributed by atoms with van der Waals surface area (Å²) in [7, 11) is 0. The smallest absolute Gasteiger partial charge is 0.262 e. The highest BCUT2D eigenvalue weighted by atomic mass is 35.5. The highest BCUT2D eigenvalue weighted by Crippen LogP contribution is 2.33. The van der Waals surface area contributed by atoms with Gasteiger partial charge in [-0.25, -0.2) is 0 Å². The van der Waals surface area contributed by atoms with Crippen molar-refractivity contribution in [3.05, 3.63) is 52.0 Å². The van der Waals surface area contributed by atoms with Gasteiger partial charge in [0.25, 0.3) is 11.8 Å². The summed E-state index contributed by atoms with van der Waals surface area (Å²) in [6, 6.07) is 10.4. The van der Waals surface area contributed by atoms with Gasteiger partial charge < -0.3 is 19.7 Å². The van der Waals surface area contributed by atoms with Gasteiger partial charge in [-0.2, -0.15) is 0 Å². The van der Waals surface area contributed by atoms with Crippen LogP contribution < -0.4 is 15.0 Å². The van der Waals surface area contributed by atoms with Crippen molar-refractivity contribution in [3.8, 4) is 5.75 Å². The molecule has 2 aromatic carbocycles. The quantitative estimate of drug-likeness (QED) is 0.769. The minimum Gasteiger partial charge on any atom is -0.482 e. The van der Waals surface area contributed by atoms with Crippen molar-refractivity contribution >= 4 is 46.4 Å². The Balaban J connectivity index is 1.40. The Labute approximate surface area is 178 Å². The molecule has 2 amide bonds. The molecule has 2 aromatic rings. The number of fused-ring (bicyclic) bond motifs is 1. The Morgan fingerprint density at radius 1 is 1.21 bits per heavy atom. The molecule has 0 aromatic heterocycles. The first kappa shape index (κ1) is 20.0. The highest BCUT2D eigenvalue weighted by molar-refractivity contribution is 6.35. The number of nitrogens with zero attached hydrogens (tertiary/aromatic N) is 1. The summed E-state index contributed by atoms with van der Waals surface area (Å²) in [5.74, 6) is 0.0462. The summed E-state index contributed by atoms with van der Waals surface area (Å²) in [5.41, 5.74) is 2.51. The summed E-state index contributed by atoms with van der Waals surface area (Å²) < 4.78 is 11.0. The number of nitrogens with one attached hydrogen (secondary N) is 1. The van der Waals surface area contributed by atoms with E-state index in [-0.39, 0.29) is 24.5 Å². The average Bonchev–Trinajstić information content (AvgIpc) is 3.37. The number of ether oxygens (including phenoxy) is 2. The molecular weight excluding hydrogens is 415 g/mol. The van der Waals surface area contributed by atoms with Gasteiger partial charge in [-0.05, 0) is 55.2 Å². The zero-order chi connectivity index (χ0) is 20.4. The third-order valence-corrected chi connectivity index (χ3v) is 5.52. The van der Waals surface area contributed by atoms with Crippen molar-refractivity contribution in [1.82, 2.24) is 0 Å². The largest absolute Gasteiger partial charge is 0.482 e. The third-order valence-electron chi connectivity index (χ3n) is 4.99. The van der Waals surface area contributed by atoms with Crippen LogP contribution in [-0.2, 0) is 20.7 Å². The molecule has 2 heterocycles. The van der Waals surface area contributed by atoms with Crippen molar-refractivity contribution in [2.24, 2.45) is 0 Å². The molecule has 0 radical (unpaired) electrons. The Hall–Kier alpha value is -2.28. The lowest BCUT2D eigenvalue weighted by Crippen LogP contribution is -2.37. The van der Waals surface area contributed by atoms with Gasteiger partial charge in [0.1, 0.15) is 11.9 Å². The molecule has 0 spiro atoms. The Kier molecular flexibility index (Phi) is 5.94. The molecule has 2 aliphatic rings. The van der Waals surface area contributed by atoms with Crippen molar-refractivity contribution in [2.75, 3.05) is 30.0 Å². The first-order valence-electron chi connectivity index (χ1n) is 9.45. The lowest BCUT2D eigenvalue weighted by Gasteiger charge is -2.21. The van der Waals surface area contributed by atoms with E-state index >= 15 is 0 Å². The molecule has 0 saturated carbocycles. The van der Waals surface area contributed by atoms with E-state index in [0.717, 1.165) is 30.5 Å². The maximum absolute atomic E-state index is 12.7. The van der Waals surface area contributed by atoms with Crippen LogP contribution in [0.4, 0.5) is 11.4 Å². The van der Waals surface area contributed by atoms with E-state index in [0.29, 0.717) is 34.6 Å². The van der Waals surface area contributed by atoms with Crippen LogP contribution in [0.2, 0.25) is 10.0 Å². The van der Waals surface area contributed by atoms with Gasteiger partial charge in [-0.1, -0.05) is 29.3 Å². The zero-order valence-corrected chi connectivity index (χ0v) is 17.1. The monoisotopic (exact) mass is 434 g/mol. The maximum atomic E-state index is 12.7. The summed E-state index contributed by atoms with van der Waals surface area (Å²) in [5, 5.41) is 3.63. The van der Waals surface area contributed by atoms with Crippen LogP contribution in [0.3, 0.4) is 0 Å². The molecule has 29 heavy (non-hydrogen) atoms. The average molecular weight is 435 g/mol. The van der Waals surface area contributed by atoms with E-state index in [2.05, 4.69) is 5.32 Å². The number of amides is 2. The lowest BCUT2D eigenvalue weighted by atomic mass is 10.1. The van der Waals surface area contributed by atoms with Crippen molar-refractivity contribution in [2.45, 2.75) is 25.4 Å². The van der Waals surface area contributed by atoms with Crippen LogP contribution in [0.1, 0.15) is 18.4 Å².